The van der Waals surface area contributed by atoms with Crippen molar-refractivity contribution in [3.8, 4) is 11.1 Å². The predicted molar refractivity (Wildman–Crippen MR) is 111 cm³/mol. The zero-order chi connectivity index (χ0) is 18.3. The van der Waals surface area contributed by atoms with Crippen LogP contribution in [0, 0.1) is 5.92 Å². The Bertz CT molecular complexity index is 990. The van der Waals surface area contributed by atoms with E-state index in [4.69, 9.17) is 17.0 Å². The summed E-state index contributed by atoms with van der Waals surface area (Å²) in [7, 11) is 13.2. The molecule has 1 aliphatic rings. The van der Waals surface area contributed by atoms with Crippen molar-refractivity contribution in [3.63, 3.8) is 0 Å². The average Bonchev–Trinajstić information content (AvgIpc) is 3.06. The molecule has 0 fully saturated rings. The number of fused-ring (bicyclic) bond motifs is 2. The molecule has 0 amide bonds. The molecule has 0 aromatic heterocycles. The minimum absolute atomic E-state index is 0.283. The summed E-state index contributed by atoms with van der Waals surface area (Å²) >= 11 is -2.47. The summed E-state index contributed by atoms with van der Waals surface area (Å²) in [6.07, 6.45) is 3.50. The van der Waals surface area contributed by atoms with Crippen molar-refractivity contribution in [1.29, 1.82) is 0 Å². The van der Waals surface area contributed by atoms with Gasteiger partial charge in [0.25, 0.3) is 0 Å². The Morgan fingerprint density at radius 3 is 2.46 bits per heavy atom. The van der Waals surface area contributed by atoms with Gasteiger partial charge in [0.05, 0.1) is 0 Å². The van der Waals surface area contributed by atoms with E-state index in [2.05, 4.69) is 80.6 Å². The first-order valence-electron chi connectivity index (χ1n) is 9.11. The summed E-state index contributed by atoms with van der Waals surface area (Å²) < 4.78 is 0.283. The topological polar surface area (TPSA) is 0 Å². The molecule has 0 spiro atoms. The third kappa shape index (κ3) is 3.24. The molecule has 0 aliphatic heterocycles. The number of benzene rings is 3. The Labute approximate surface area is 170 Å². The van der Waals surface area contributed by atoms with Crippen LogP contribution >= 0.6 is 17.0 Å². The zero-order valence-electron chi connectivity index (χ0n) is 15.0. The summed E-state index contributed by atoms with van der Waals surface area (Å²) in [5.74, 6) is 0.518. The van der Waals surface area contributed by atoms with Gasteiger partial charge in [0.2, 0.25) is 0 Å². The van der Waals surface area contributed by atoms with Gasteiger partial charge >= 0.3 is 172 Å². The molecule has 131 valence electrons. The predicted octanol–water partition coefficient (Wildman–Crippen LogP) is 7.92. The molecule has 2 unspecified atom stereocenters. The Morgan fingerprint density at radius 2 is 1.73 bits per heavy atom. The molecule has 0 N–H and O–H groups in total. The number of rotatable bonds is 4. The number of allylic oxidation sites excluding steroid dienone is 1. The summed E-state index contributed by atoms with van der Waals surface area (Å²) in [5, 5.41) is 2.55. The normalized spacial score (nSPS) is 17.1. The van der Waals surface area contributed by atoms with E-state index in [1.807, 2.05) is 0 Å². The van der Waals surface area contributed by atoms with Crippen LogP contribution in [0.1, 0.15) is 35.0 Å². The quantitative estimate of drug-likeness (QED) is 0.372. The van der Waals surface area contributed by atoms with Crippen molar-refractivity contribution < 1.29 is 19.4 Å². The van der Waals surface area contributed by atoms with Gasteiger partial charge in [-0.05, 0) is 0 Å². The second kappa shape index (κ2) is 7.63. The number of hydrogen-bond donors (Lipinski definition) is 0. The van der Waals surface area contributed by atoms with Crippen molar-refractivity contribution in [3.05, 3.63) is 77.4 Å². The fraction of sp³-hybridized carbons (Fsp3) is 0.217. The summed E-state index contributed by atoms with van der Waals surface area (Å²) in [4.78, 5) is 0. The SMILES string of the molecule is CCC(C)C1=Cc2c(-c3ccc4ccccc4c3)cccc2[CH]1[Zr]([Cl])[Cl]. The molecule has 0 heterocycles. The van der Waals surface area contributed by atoms with Crippen LogP contribution in [0.3, 0.4) is 0 Å². The first-order chi connectivity index (χ1) is 12.6. The van der Waals surface area contributed by atoms with Crippen LogP contribution < -0.4 is 0 Å². The van der Waals surface area contributed by atoms with Crippen molar-refractivity contribution in [1.82, 2.24) is 0 Å². The third-order valence-electron chi connectivity index (χ3n) is 5.56. The van der Waals surface area contributed by atoms with Crippen LogP contribution in [0.4, 0.5) is 0 Å². The summed E-state index contributed by atoms with van der Waals surface area (Å²) in [6, 6.07) is 21.8. The zero-order valence-corrected chi connectivity index (χ0v) is 18.9. The molecule has 1 aliphatic carbocycles. The monoisotopic (exact) mass is 457 g/mol. The van der Waals surface area contributed by atoms with Gasteiger partial charge in [0, 0.05) is 0 Å². The van der Waals surface area contributed by atoms with Crippen molar-refractivity contribution in [2.24, 2.45) is 5.92 Å². The molecule has 4 rings (SSSR count). The maximum atomic E-state index is 6.61. The van der Waals surface area contributed by atoms with Crippen LogP contribution in [0.5, 0.6) is 0 Å². The fourth-order valence-corrected chi connectivity index (χ4v) is 9.54. The van der Waals surface area contributed by atoms with Gasteiger partial charge in [-0.25, -0.2) is 0 Å². The van der Waals surface area contributed by atoms with E-state index in [1.54, 1.807) is 0 Å². The van der Waals surface area contributed by atoms with E-state index in [0.29, 0.717) is 5.92 Å². The molecule has 2 atom stereocenters. The fourth-order valence-electron chi connectivity index (χ4n) is 3.94. The van der Waals surface area contributed by atoms with Crippen LogP contribution in [-0.2, 0) is 19.4 Å². The van der Waals surface area contributed by atoms with E-state index in [0.717, 1.165) is 6.42 Å². The molecule has 0 nitrogen and oxygen atoms in total. The van der Waals surface area contributed by atoms with Gasteiger partial charge in [0.15, 0.2) is 0 Å². The van der Waals surface area contributed by atoms with Crippen LogP contribution in [-0.4, -0.2) is 0 Å². The van der Waals surface area contributed by atoms with E-state index in [1.165, 1.54) is 38.6 Å². The second-order valence-corrected chi connectivity index (χ2v) is 15.9. The molecular weight excluding hydrogens is 438 g/mol. The minimum atomic E-state index is -2.47. The first-order valence-corrected chi connectivity index (χ1v) is 16.9. The molecule has 3 heteroatoms. The summed E-state index contributed by atoms with van der Waals surface area (Å²) in [6.45, 7) is 4.53. The Morgan fingerprint density at radius 1 is 0.962 bits per heavy atom. The number of halogens is 2. The Hall–Kier alpha value is -0.877. The summed E-state index contributed by atoms with van der Waals surface area (Å²) in [5.41, 5.74) is 6.65. The first kappa shape index (κ1) is 18.5. The Kier molecular flexibility index (Phi) is 5.42. The molecule has 3 aromatic carbocycles. The van der Waals surface area contributed by atoms with Gasteiger partial charge in [-0.1, -0.05) is 0 Å². The number of hydrogen-bond acceptors (Lipinski definition) is 0. The second-order valence-electron chi connectivity index (χ2n) is 7.05. The van der Waals surface area contributed by atoms with Crippen LogP contribution in [0.2, 0.25) is 0 Å². The van der Waals surface area contributed by atoms with Gasteiger partial charge in [-0.3, -0.25) is 0 Å². The van der Waals surface area contributed by atoms with Gasteiger partial charge in [0.1, 0.15) is 0 Å². The molecule has 26 heavy (non-hydrogen) atoms. The standard InChI is InChI=1S/C23H21.2ClH.Zr/c1-3-16(2)21-14-19-9-6-10-22(23(19)15-21)20-12-11-17-7-4-5-8-18(17)13-20;;;/h4-16H,3H2,1-2H3;2*1H;/q;;;+2/p-2. The van der Waals surface area contributed by atoms with E-state index in [-0.39, 0.29) is 3.63 Å². The molecular formula is C23H21Cl2Zr. The van der Waals surface area contributed by atoms with E-state index < -0.39 is 19.4 Å². The van der Waals surface area contributed by atoms with Crippen LogP contribution in [0.25, 0.3) is 28.0 Å². The molecule has 0 saturated heterocycles. The van der Waals surface area contributed by atoms with Gasteiger partial charge in [-0.15, -0.1) is 0 Å². The van der Waals surface area contributed by atoms with Crippen molar-refractivity contribution in [2.45, 2.75) is 23.9 Å². The van der Waals surface area contributed by atoms with Gasteiger partial charge in [-0.2, -0.15) is 0 Å². The van der Waals surface area contributed by atoms with Crippen molar-refractivity contribution >= 4 is 33.9 Å². The third-order valence-corrected chi connectivity index (χ3v) is 10.8. The maximum absolute atomic E-state index is 6.61. The van der Waals surface area contributed by atoms with Crippen molar-refractivity contribution in [2.75, 3.05) is 0 Å². The van der Waals surface area contributed by atoms with Crippen LogP contribution in [0.15, 0.2) is 66.2 Å². The molecule has 3 aromatic rings. The Balaban J connectivity index is 1.89. The average molecular weight is 460 g/mol. The van der Waals surface area contributed by atoms with E-state index >= 15 is 0 Å². The molecule has 0 saturated carbocycles. The molecule has 0 radical (unpaired) electrons. The molecule has 0 bridgehead atoms. The van der Waals surface area contributed by atoms with E-state index in [9.17, 15) is 0 Å². The van der Waals surface area contributed by atoms with Gasteiger partial charge < -0.3 is 0 Å².